The van der Waals surface area contributed by atoms with E-state index in [1.165, 1.54) is 4.31 Å². The normalized spacial score (nSPS) is 15.8. The Morgan fingerprint density at radius 1 is 1.12 bits per heavy atom. The third-order valence-corrected chi connectivity index (χ3v) is 7.29. The number of ether oxygens (including phenoxy) is 1. The number of rotatable bonds is 6. The number of amides is 1. The fraction of sp³-hybridized carbons (Fsp3) is 0.318. The van der Waals surface area contributed by atoms with Crippen LogP contribution in [0.4, 0.5) is 0 Å². The highest BCUT2D eigenvalue weighted by atomic mass is 32.2. The predicted molar refractivity (Wildman–Crippen MR) is 121 cm³/mol. The van der Waals surface area contributed by atoms with Gasteiger partial charge in [-0.2, -0.15) is 9.41 Å². The summed E-state index contributed by atoms with van der Waals surface area (Å²) in [5.41, 5.74) is 5.58. The monoisotopic (exact) mass is 455 g/mol. The van der Waals surface area contributed by atoms with Gasteiger partial charge < -0.3 is 9.30 Å². The number of hydrogen-bond donors (Lipinski definition) is 1. The van der Waals surface area contributed by atoms with Crippen molar-refractivity contribution < 1.29 is 17.9 Å². The lowest BCUT2D eigenvalue weighted by Crippen LogP contribution is -2.40. The second-order valence-corrected chi connectivity index (χ2v) is 9.44. The van der Waals surface area contributed by atoms with Crippen molar-refractivity contribution in [3.05, 3.63) is 59.9 Å². The molecule has 32 heavy (non-hydrogen) atoms. The van der Waals surface area contributed by atoms with Crippen molar-refractivity contribution in [2.24, 2.45) is 5.10 Å². The van der Waals surface area contributed by atoms with Gasteiger partial charge in [0.1, 0.15) is 12.4 Å². The number of aromatic nitrogens is 2. The van der Waals surface area contributed by atoms with Gasteiger partial charge >= 0.3 is 0 Å². The molecule has 4 rings (SSSR count). The summed E-state index contributed by atoms with van der Waals surface area (Å²) in [7, 11) is -3.55. The van der Waals surface area contributed by atoms with Crippen LogP contribution in [0.5, 0.6) is 0 Å². The van der Waals surface area contributed by atoms with Crippen LogP contribution in [0.1, 0.15) is 18.3 Å². The zero-order valence-electron chi connectivity index (χ0n) is 18.0. The Kier molecular flexibility index (Phi) is 6.35. The Labute approximate surface area is 186 Å². The van der Waals surface area contributed by atoms with E-state index < -0.39 is 10.0 Å². The third-order valence-electron chi connectivity index (χ3n) is 5.38. The maximum atomic E-state index is 12.7. The number of carbonyl (C=O) groups is 1. The van der Waals surface area contributed by atoms with E-state index in [1.54, 1.807) is 31.2 Å². The number of nitrogens with one attached hydrogen (secondary N) is 1. The SMILES string of the molecule is C/C(=N\NC(=O)Cn1c(C)nc2ccccc21)c1ccc(S(=O)(=O)N2CCOCC2)cc1. The molecule has 1 amide bonds. The van der Waals surface area contributed by atoms with Gasteiger partial charge in [-0.3, -0.25) is 4.79 Å². The zero-order chi connectivity index (χ0) is 22.7. The van der Waals surface area contributed by atoms with Crippen LogP contribution < -0.4 is 5.43 Å². The summed E-state index contributed by atoms with van der Waals surface area (Å²) >= 11 is 0. The molecule has 2 aromatic carbocycles. The number of imidazole rings is 1. The van der Waals surface area contributed by atoms with E-state index in [9.17, 15) is 13.2 Å². The molecule has 10 heteroatoms. The van der Waals surface area contributed by atoms with E-state index in [2.05, 4.69) is 15.5 Å². The molecule has 0 spiro atoms. The highest BCUT2D eigenvalue weighted by Gasteiger charge is 2.26. The molecule has 1 aliphatic rings. The van der Waals surface area contributed by atoms with E-state index in [0.29, 0.717) is 32.0 Å². The Bertz CT molecular complexity index is 1260. The van der Waals surface area contributed by atoms with Crippen molar-refractivity contribution in [2.75, 3.05) is 26.3 Å². The van der Waals surface area contributed by atoms with Crippen LogP contribution in [-0.2, 0) is 26.1 Å². The number of hydrazone groups is 1. The van der Waals surface area contributed by atoms with E-state index in [-0.39, 0.29) is 17.3 Å². The topological polar surface area (TPSA) is 106 Å². The molecule has 1 N–H and O–H groups in total. The number of aryl methyl sites for hydroxylation is 1. The molecule has 0 saturated carbocycles. The first-order valence-corrected chi connectivity index (χ1v) is 11.7. The Morgan fingerprint density at radius 3 is 2.53 bits per heavy atom. The smallest absolute Gasteiger partial charge is 0.260 e. The molecule has 3 aromatic rings. The minimum absolute atomic E-state index is 0.0971. The maximum Gasteiger partial charge on any atom is 0.260 e. The van der Waals surface area contributed by atoms with Crippen LogP contribution in [-0.4, -0.2) is 60.2 Å². The van der Waals surface area contributed by atoms with Crippen LogP contribution in [0.15, 0.2) is 58.5 Å². The van der Waals surface area contributed by atoms with Crippen LogP contribution >= 0.6 is 0 Å². The summed E-state index contributed by atoms with van der Waals surface area (Å²) in [5, 5.41) is 4.17. The largest absolute Gasteiger partial charge is 0.379 e. The summed E-state index contributed by atoms with van der Waals surface area (Å²) in [6, 6.07) is 14.1. The van der Waals surface area contributed by atoms with Crippen molar-refractivity contribution in [3.8, 4) is 0 Å². The summed E-state index contributed by atoms with van der Waals surface area (Å²) in [5.74, 6) is 0.473. The number of benzene rings is 2. The molecule has 168 valence electrons. The minimum Gasteiger partial charge on any atom is -0.379 e. The number of hydrogen-bond acceptors (Lipinski definition) is 6. The number of morpholine rings is 1. The van der Waals surface area contributed by atoms with Crippen molar-refractivity contribution in [1.82, 2.24) is 19.3 Å². The average molecular weight is 456 g/mol. The molecule has 0 aliphatic carbocycles. The van der Waals surface area contributed by atoms with Crippen LogP contribution in [0.25, 0.3) is 11.0 Å². The van der Waals surface area contributed by atoms with E-state index in [4.69, 9.17) is 4.74 Å². The van der Waals surface area contributed by atoms with Gasteiger partial charge in [0, 0.05) is 13.1 Å². The Balaban J connectivity index is 1.42. The van der Waals surface area contributed by atoms with Crippen LogP contribution in [0.2, 0.25) is 0 Å². The molecule has 1 fully saturated rings. The van der Waals surface area contributed by atoms with Gasteiger partial charge in [0.2, 0.25) is 10.0 Å². The second-order valence-electron chi connectivity index (χ2n) is 7.51. The van der Waals surface area contributed by atoms with Gasteiger partial charge in [-0.1, -0.05) is 24.3 Å². The number of fused-ring (bicyclic) bond motifs is 1. The first-order chi connectivity index (χ1) is 15.4. The third kappa shape index (κ3) is 4.57. The number of sulfonamides is 1. The molecule has 1 aliphatic heterocycles. The van der Waals surface area contributed by atoms with E-state index in [1.807, 2.05) is 35.8 Å². The van der Waals surface area contributed by atoms with Crippen molar-refractivity contribution in [1.29, 1.82) is 0 Å². The van der Waals surface area contributed by atoms with E-state index in [0.717, 1.165) is 22.4 Å². The first kappa shape index (κ1) is 22.1. The lowest BCUT2D eigenvalue weighted by molar-refractivity contribution is -0.121. The quantitative estimate of drug-likeness (QED) is 0.451. The zero-order valence-corrected chi connectivity index (χ0v) is 18.8. The molecule has 9 nitrogen and oxygen atoms in total. The summed E-state index contributed by atoms with van der Waals surface area (Å²) in [4.78, 5) is 17.1. The molecule has 0 unspecified atom stereocenters. The van der Waals surface area contributed by atoms with Gasteiger partial charge in [0.15, 0.2) is 0 Å². The predicted octanol–water partition coefficient (Wildman–Crippen LogP) is 1.91. The summed E-state index contributed by atoms with van der Waals surface area (Å²) in [6.45, 7) is 5.21. The number of para-hydroxylation sites is 2. The fourth-order valence-electron chi connectivity index (χ4n) is 3.59. The van der Waals surface area contributed by atoms with Gasteiger partial charge in [0.25, 0.3) is 5.91 Å². The molecular weight excluding hydrogens is 430 g/mol. The molecule has 0 bridgehead atoms. The highest BCUT2D eigenvalue weighted by molar-refractivity contribution is 7.89. The molecular formula is C22H25N5O4S. The highest BCUT2D eigenvalue weighted by Crippen LogP contribution is 2.18. The summed E-state index contributed by atoms with van der Waals surface area (Å²) < 4.78 is 33.9. The lowest BCUT2D eigenvalue weighted by Gasteiger charge is -2.26. The number of nitrogens with zero attached hydrogens (tertiary/aromatic N) is 4. The van der Waals surface area contributed by atoms with Gasteiger partial charge in [-0.15, -0.1) is 0 Å². The van der Waals surface area contributed by atoms with E-state index >= 15 is 0 Å². The average Bonchev–Trinajstić information content (AvgIpc) is 3.13. The van der Waals surface area contributed by atoms with Crippen LogP contribution in [0.3, 0.4) is 0 Å². The molecule has 0 radical (unpaired) electrons. The van der Waals surface area contributed by atoms with Crippen LogP contribution in [0, 0.1) is 6.92 Å². The summed E-state index contributed by atoms with van der Waals surface area (Å²) in [6.07, 6.45) is 0. The first-order valence-electron chi connectivity index (χ1n) is 10.3. The molecule has 2 heterocycles. The fourth-order valence-corrected chi connectivity index (χ4v) is 5.00. The standard InChI is InChI=1S/C22H25N5O4S/c1-16(18-7-9-19(10-8-18)32(29,30)26-11-13-31-14-12-26)24-25-22(28)15-27-17(2)23-20-5-3-4-6-21(20)27/h3-10H,11-15H2,1-2H3,(H,25,28)/b24-16+. The second kappa shape index (κ2) is 9.19. The van der Waals surface area contributed by atoms with Gasteiger partial charge in [-0.05, 0) is 43.7 Å². The Morgan fingerprint density at radius 2 is 1.81 bits per heavy atom. The van der Waals surface area contributed by atoms with Crippen molar-refractivity contribution in [2.45, 2.75) is 25.3 Å². The molecule has 1 saturated heterocycles. The van der Waals surface area contributed by atoms with Crippen molar-refractivity contribution in [3.63, 3.8) is 0 Å². The minimum atomic E-state index is -3.55. The molecule has 0 atom stereocenters. The Hall–Kier alpha value is -3.08. The van der Waals surface area contributed by atoms with Gasteiger partial charge in [0.05, 0.1) is 34.9 Å². The van der Waals surface area contributed by atoms with Crippen molar-refractivity contribution >= 4 is 32.7 Å². The number of carbonyl (C=O) groups excluding carboxylic acids is 1. The maximum absolute atomic E-state index is 12.7. The lowest BCUT2D eigenvalue weighted by atomic mass is 10.1. The van der Waals surface area contributed by atoms with Gasteiger partial charge in [-0.25, -0.2) is 18.8 Å². The molecule has 1 aromatic heterocycles.